The summed E-state index contributed by atoms with van der Waals surface area (Å²) in [5.41, 5.74) is 1.69. The van der Waals surface area contributed by atoms with Crippen LogP contribution in [0.3, 0.4) is 0 Å². The van der Waals surface area contributed by atoms with Crippen LogP contribution >= 0.6 is 0 Å². The molecule has 3 aromatic rings. The van der Waals surface area contributed by atoms with Gasteiger partial charge in [0.1, 0.15) is 11.6 Å². The van der Waals surface area contributed by atoms with E-state index in [1.54, 1.807) is 13.3 Å². The number of hydrogen-bond acceptors (Lipinski definition) is 7. The molecule has 3 heterocycles. The fourth-order valence-corrected chi connectivity index (χ4v) is 2.74. The first-order valence-electron chi connectivity index (χ1n) is 8.11. The van der Waals surface area contributed by atoms with Gasteiger partial charge in [0.05, 0.1) is 20.3 Å². The van der Waals surface area contributed by atoms with Crippen molar-refractivity contribution < 1.29 is 14.0 Å². The van der Waals surface area contributed by atoms with E-state index in [1.165, 1.54) is 0 Å². The number of hydrogen-bond donors (Lipinski definition) is 0. The van der Waals surface area contributed by atoms with Gasteiger partial charge in [0.15, 0.2) is 0 Å². The highest BCUT2D eigenvalue weighted by Crippen LogP contribution is 2.26. The van der Waals surface area contributed by atoms with E-state index in [0.29, 0.717) is 24.9 Å². The number of rotatable bonds is 4. The molecule has 0 spiro atoms. The monoisotopic (exact) mass is 338 g/mol. The molecule has 128 valence electrons. The second-order valence-electron chi connectivity index (χ2n) is 5.66. The molecule has 0 amide bonds. The van der Waals surface area contributed by atoms with E-state index >= 15 is 0 Å². The molecule has 0 atom stereocenters. The molecule has 4 rings (SSSR count). The van der Waals surface area contributed by atoms with Crippen molar-refractivity contribution in [2.24, 2.45) is 0 Å². The van der Waals surface area contributed by atoms with E-state index in [0.717, 1.165) is 35.8 Å². The Morgan fingerprint density at radius 1 is 1.08 bits per heavy atom. The summed E-state index contributed by atoms with van der Waals surface area (Å²) >= 11 is 0. The van der Waals surface area contributed by atoms with Crippen molar-refractivity contribution in [3.63, 3.8) is 0 Å². The van der Waals surface area contributed by atoms with Gasteiger partial charge in [-0.25, -0.2) is 4.98 Å². The molecule has 0 saturated carbocycles. The number of ether oxygens (including phenoxy) is 2. The van der Waals surface area contributed by atoms with Gasteiger partial charge < -0.3 is 18.9 Å². The normalized spacial score (nSPS) is 14.5. The molecule has 1 aromatic carbocycles. The Balaban J connectivity index is 1.61. The zero-order valence-corrected chi connectivity index (χ0v) is 13.9. The van der Waals surface area contributed by atoms with Crippen molar-refractivity contribution in [1.82, 2.24) is 15.1 Å². The van der Waals surface area contributed by atoms with Gasteiger partial charge in [0, 0.05) is 30.4 Å². The predicted octanol–water partition coefficient (Wildman–Crippen LogP) is 2.64. The standard InChI is InChI=1S/C18H18N4O3/c1-23-15-4-2-3-14(11-15)18-20-17(21-25-18)13-5-6-19-16(12-13)22-7-9-24-10-8-22/h2-6,11-12H,7-10H2,1H3. The predicted molar refractivity (Wildman–Crippen MR) is 92.5 cm³/mol. The van der Waals surface area contributed by atoms with Gasteiger partial charge in [0.2, 0.25) is 5.82 Å². The Hall–Kier alpha value is -2.93. The summed E-state index contributed by atoms with van der Waals surface area (Å²) in [4.78, 5) is 11.1. The smallest absolute Gasteiger partial charge is 0.258 e. The molecule has 1 saturated heterocycles. The topological polar surface area (TPSA) is 73.5 Å². The number of benzene rings is 1. The summed E-state index contributed by atoms with van der Waals surface area (Å²) in [5.74, 6) is 2.64. The quantitative estimate of drug-likeness (QED) is 0.724. The maximum atomic E-state index is 5.42. The minimum atomic E-state index is 0.457. The average Bonchev–Trinajstić information content (AvgIpc) is 3.19. The molecular weight excluding hydrogens is 320 g/mol. The van der Waals surface area contributed by atoms with Crippen LogP contribution in [0, 0.1) is 0 Å². The van der Waals surface area contributed by atoms with Gasteiger partial charge in [-0.2, -0.15) is 4.98 Å². The van der Waals surface area contributed by atoms with E-state index in [-0.39, 0.29) is 0 Å². The number of nitrogens with zero attached hydrogens (tertiary/aromatic N) is 4. The van der Waals surface area contributed by atoms with Crippen molar-refractivity contribution in [3.8, 4) is 28.6 Å². The van der Waals surface area contributed by atoms with Crippen LogP contribution < -0.4 is 9.64 Å². The first kappa shape index (κ1) is 15.6. The fourth-order valence-electron chi connectivity index (χ4n) is 2.74. The first-order chi connectivity index (χ1) is 12.3. The summed E-state index contributed by atoms with van der Waals surface area (Å²) in [5, 5.41) is 4.11. The van der Waals surface area contributed by atoms with Gasteiger partial charge in [-0.15, -0.1) is 0 Å². The van der Waals surface area contributed by atoms with Crippen LogP contribution in [0.25, 0.3) is 22.8 Å². The molecule has 7 heteroatoms. The highest BCUT2D eigenvalue weighted by molar-refractivity contribution is 5.63. The van der Waals surface area contributed by atoms with Crippen molar-refractivity contribution in [2.45, 2.75) is 0 Å². The van der Waals surface area contributed by atoms with Gasteiger partial charge in [-0.3, -0.25) is 0 Å². The third-order valence-corrected chi connectivity index (χ3v) is 4.08. The molecule has 0 bridgehead atoms. The zero-order valence-electron chi connectivity index (χ0n) is 13.9. The van der Waals surface area contributed by atoms with Gasteiger partial charge >= 0.3 is 0 Å². The van der Waals surface area contributed by atoms with Crippen LogP contribution in [0.4, 0.5) is 5.82 Å². The Morgan fingerprint density at radius 3 is 2.80 bits per heavy atom. The highest BCUT2D eigenvalue weighted by Gasteiger charge is 2.15. The van der Waals surface area contributed by atoms with Crippen LogP contribution in [0.1, 0.15) is 0 Å². The molecule has 0 N–H and O–H groups in total. The van der Waals surface area contributed by atoms with Gasteiger partial charge in [0.25, 0.3) is 5.89 Å². The molecular formula is C18H18N4O3. The number of aromatic nitrogens is 3. The molecule has 1 fully saturated rings. The van der Waals surface area contributed by atoms with Crippen LogP contribution in [0.2, 0.25) is 0 Å². The second-order valence-corrected chi connectivity index (χ2v) is 5.66. The van der Waals surface area contributed by atoms with E-state index < -0.39 is 0 Å². The molecule has 25 heavy (non-hydrogen) atoms. The lowest BCUT2D eigenvalue weighted by Crippen LogP contribution is -2.36. The van der Waals surface area contributed by atoms with Crippen LogP contribution in [-0.4, -0.2) is 48.5 Å². The fraction of sp³-hybridized carbons (Fsp3) is 0.278. The Kier molecular flexibility index (Phi) is 4.30. The SMILES string of the molecule is COc1cccc(-c2nc(-c3ccnc(N4CCOCC4)c3)no2)c1. The Bertz CT molecular complexity index is 859. The number of pyridine rings is 1. The van der Waals surface area contributed by atoms with Gasteiger partial charge in [-0.05, 0) is 30.3 Å². The zero-order chi connectivity index (χ0) is 17.1. The van der Waals surface area contributed by atoms with Crippen LogP contribution in [0.15, 0.2) is 47.1 Å². The van der Waals surface area contributed by atoms with E-state index in [1.807, 2.05) is 36.4 Å². The minimum Gasteiger partial charge on any atom is -0.497 e. The molecule has 1 aliphatic rings. The van der Waals surface area contributed by atoms with Crippen molar-refractivity contribution in [1.29, 1.82) is 0 Å². The highest BCUT2D eigenvalue weighted by atomic mass is 16.5. The van der Waals surface area contributed by atoms with E-state index in [4.69, 9.17) is 14.0 Å². The lowest BCUT2D eigenvalue weighted by Gasteiger charge is -2.27. The summed E-state index contributed by atoms with van der Waals surface area (Å²) in [6.07, 6.45) is 1.77. The van der Waals surface area contributed by atoms with E-state index in [2.05, 4.69) is 20.0 Å². The maximum absolute atomic E-state index is 5.42. The Labute approximate surface area is 145 Å². The first-order valence-corrected chi connectivity index (χ1v) is 8.11. The Morgan fingerprint density at radius 2 is 1.96 bits per heavy atom. The van der Waals surface area contributed by atoms with Crippen LogP contribution in [-0.2, 0) is 4.74 Å². The van der Waals surface area contributed by atoms with E-state index in [9.17, 15) is 0 Å². The summed E-state index contributed by atoms with van der Waals surface area (Å²) < 4.78 is 16.0. The number of anilines is 1. The van der Waals surface area contributed by atoms with Crippen molar-refractivity contribution in [3.05, 3.63) is 42.6 Å². The maximum Gasteiger partial charge on any atom is 0.258 e. The molecule has 0 radical (unpaired) electrons. The van der Waals surface area contributed by atoms with Crippen molar-refractivity contribution in [2.75, 3.05) is 38.3 Å². The van der Waals surface area contributed by atoms with Gasteiger partial charge in [-0.1, -0.05) is 11.2 Å². The summed E-state index contributed by atoms with van der Waals surface area (Å²) in [7, 11) is 1.63. The summed E-state index contributed by atoms with van der Waals surface area (Å²) in [6, 6.07) is 11.4. The molecule has 2 aromatic heterocycles. The third-order valence-electron chi connectivity index (χ3n) is 4.08. The largest absolute Gasteiger partial charge is 0.497 e. The summed E-state index contributed by atoms with van der Waals surface area (Å²) in [6.45, 7) is 3.09. The average molecular weight is 338 g/mol. The van der Waals surface area contributed by atoms with Crippen LogP contribution in [0.5, 0.6) is 5.75 Å². The third kappa shape index (κ3) is 3.32. The molecule has 0 aliphatic carbocycles. The lowest BCUT2D eigenvalue weighted by molar-refractivity contribution is 0.122. The lowest BCUT2D eigenvalue weighted by atomic mass is 10.2. The molecule has 0 unspecified atom stereocenters. The number of methoxy groups -OCH3 is 1. The second kappa shape index (κ2) is 6.90. The number of morpholine rings is 1. The molecule has 7 nitrogen and oxygen atoms in total. The molecule has 1 aliphatic heterocycles. The van der Waals surface area contributed by atoms with Crippen molar-refractivity contribution >= 4 is 5.82 Å². The minimum absolute atomic E-state index is 0.457.